The van der Waals surface area contributed by atoms with E-state index in [2.05, 4.69) is 0 Å². The molecular formula is C10H14N2O3. The molecule has 0 amide bonds. The average Bonchev–Trinajstić information content (AvgIpc) is 2.26. The first-order chi connectivity index (χ1) is 7.13. The first-order valence-corrected chi connectivity index (χ1v) is 4.53. The first kappa shape index (κ1) is 11.5. The third-order valence-corrected chi connectivity index (χ3v) is 1.92. The SMILES string of the molecule is NCC(N)c1ccc(OCC(=O)O)cc1. The molecule has 5 nitrogen and oxygen atoms in total. The molecule has 0 heterocycles. The Morgan fingerprint density at radius 1 is 1.40 bits per heavy atom. The lowest BCUT2D eigenvalue weighted by atomic mass is 10.1. The molecular weight excluding hydrogens is 196 g/mol. The van der Waals surface area contributed by atoms with Crippen molar-refractivity contribution in [1.82, 2.24) is 0 Å². The van der Waals surface area contributed by atoms with Gasteiger partial charge in [0.2, 0.25) is 0 Å². The van der Waals surface area contributed by atoms with Gasteiger partial charge in [0.1, 0.15) is 5.75 Å². The molecule has 1 atom stereocenters. The molecule has 15 heavy (non-hydrogen) atoms. The maximum atomic E-state index is 10.2. The van der Waals surface area contributed by atoms with E-state index in [1.54, 1.807) is 24.3 Å². The lowest BCUT2D eigenvalue weighted by Gasteiger charge is -2.09. The molecule has 1 aromatic carbocycles. The number of carboxylic acids is 1. The number of ether oxygens (including phenoxy) is 1. The number of carbonyl (C=O) groups is 1. The van der Waals surface area contributed by atoms with Gasteiger partial charge in [-0.05, 0) is 17.7 Å². The van der Waals surface area contributed by atoms with Gasteiger partial charge in [0.25, 0.3) is 0 Å². The summed E-state index contributed by atoms with van der Waals surface area (Å²) in [7, 11) is 0. The minimum absolute atomic E-state index is 0.196. The van der Waals surface area contributed by atoms with Gasteiger partial charge in [-0.1, -0.05) is 12.1 Å². The lowest BCUT2D eigenvalue weighted by molar-refractivity contribution is -0.139. The van der Waals surface area contributed by atoms with Crippen LogP contribution in [0.1, 0.15) is 11.6 Å². The summed E-state index contributed by atoms with van der Waals surface area (Å²) in [5, 5.41) is 8.39. The van der Waals surface area contributed by atoms with Crippen molar-refractivity contribution in [2.45, 2.75) is 6.04 Å². The Bertz CT molecular complexity index is 324. The molecule has 0 radical (unpaired) electrons. The molecule has 0 saturated heterocycles. The second kappa shape index (κ2) is 5.33. The average molecular weight is 210 g/mol. The van der Waals surface area contributed by atoms with Gasteiger partial charge in [-0.25, -0.2) is 4.79 Å². The van der Waals surface area contributed by atoms with E-state index in [9.17, 15) is 4.79 Å². The van der Waals surface area contributed by atoms with Crippen molar-refractivity contribution < 1.29 is 14.6 Å². The Morgan fingerprint density at radius 2 is 2.00 bits per heavy atom. The van der Waals surface area contributed by atoms with Crippen LogP contribution in [0, 0.1) is 0 Å². The number of carboxylic acid groups (broad SMARTS) is 1. The van der Waals surface area contributed by atoms with Gasteiger partial charge in [-0.15, -0.1) is 0 Å². The summed E-state index contributed by atoms with van der Waals surface area (Å²) in [4.78, 5) is 10.2. The summed E-state index contributed by atoms with van der Waals surface area (Å²) in [6.45, 7) is 0.0254. The van der Waals surface area contributed by atoms with Crippen molar-refractivity contribution in [3.63, 3.8) is 0 Å². The quantitative estimate of drug-likeness (QED) is 0.640. The summed E-state index contributed by atoms with van der Waals surface area (Å²) >= 11 is 0. The second-order valence-electron chi connectivity index (χ2n) is 3.09. The number of benzene rings is 1. The van der Waals surface area contributed by atoms with Crippen LogP contribution < -0.4 is 16.2 Å². The normalized spacial score (nSPS) is 12.1. The van der Waals surface area contributed by atoms with Crippen LogP contribution in [-0.4, -0.2) is 24.2 Å². The van der Waals surface area contributed by atoms with Crippen LogP contribution >= 0.6 is 0 Å². The molecule has 1 rings (SSSR count). The van der Waals surface area contributed by atoms with Crippen molar-refractivity contribution in [3.05, 3.63) is 29.8 Å². The van der Waals surface area contributed by atoms with E-state index in [1.807, 2.05) is 0 Å². The van der Waals surface area contributed by atoms with Crippen LogP contribution in [0.4, 0.5) is 0 Å². The minimum atomic E-state index is -1.00. The predicted octanol–water partition coefficient (Wildman–Crippen LogP) is 0.108. The predicted molar refractivity (Wildman–Crippen MR) is 55.6 cm³/mol. The Hall–Kier alpha value is -1.59. The van der Waals surface area contributed by atoms with Crippen molar-refractivity contribution in [2.24, 2.45) is 11.5 Å². The Morgan fingerprint density at radius 3 is 2.47 bits per heavy atom. The van der Waals surface area contributed by atoms with Crippen molar-refractivity contribution in [1.29, 1.82) is 0 Å². The maximum absolute atomic E-state index is 10.2. The van der Waals surface area contributed by atoms with Gasteiger partial charge in [0.15, 0.2) is 6.61 Å². The largest absolute Gasteiger partial charge is 0.482 e. The number of aliphatic carboxylic acids is 1. The number of hydrogen-bond acceptors (Lipinski definition) is 4. The number of rotatable bonds is 5. The topological polar surface area (TPSA) is 98.6 Å². The molecule has 0 spiro atoms. The molecule has 0 aliphatic carbocycles. The van der Waals surface area contributed by atoms with E-state index in [0.717, 1.165) is 5.56 Å². The molecule has 5 heteroatoms. The molecule has 1 aromatic rings. The third kappa shape index (κ3) is 3.57. The maximum Gasteiger partial charge on any atom is 0.341 e. The van der Waals surface area contributed by atoms with Gasteiger partial charge < -0.3 is 21.3 Å². The van der Waals surface area contributed by atoms with Crippen LogP contribution in [0.2, 0.25) is 0 Å². The summed E-state index contributed by atoms with van der Waals surface area (Å²) in [5.74, 6) is -0.497. The molecule has 0 aliphatic rings. The molecule has 0 fully saturated rings. The standard InChI is InChI=1S/C10H14N2O3/c11-5-9(12)7-1-3-8(4-2-7)15-6-10(13)14/h1-4,9H,5-6,11-12H2,(H,13,14). The van der Waals surface area contributed by atoms with E-state index in [0.29, 0.717) is 12.3 Å². The Balaban J connectivity index is 2.60. The van der Waals surface area contributed by atoms with Gasteiger partial charge in [0.05, 0.1) is 0 Å². The third-order valence-electron chi connectivity index (χ3n) is 1.92. The molecule has 0 aliphatic heterocycles. The van der Waals surface area contributed by atoms with Crippen LogP contribution in [0.25, 0.3) is 0 Å². The number of hydrogen-bond donors (Lipinski definition) is 3. The smallest absolute Gasteiger partial charge is 0.341 e. The fourth-order valence-electron chi connectivity index (χ4n) is 1.09. The van der Waals surface area contributed by atoms with Crippen LogP contribution in [-0.2, 0) is 4.79 Å². The van der Waals surface area contributed by atoms with Crippen LogP contribution in [0.15, 0.2) is 24.3 Å². The van der Waals surface area contributed by atoms with Crippen molar-refractivity contribution in [2.75, 3.05) is 13.2 Å². The zero-order chi connectivity index (χ0) is 11.3. The highest BCUT2D eigenvalue weighted by atomic mass is 16.5. The first-order valence-electron chi connectivity index (χ1n) is 4.53. The summed E-state index contributed by atoms with van der Waals surface area (Å²) in [6, 6.07) is 6.70. The Labute approximate surface area is 87.6 Å². The van der Waals surface area contributed by atoms with Crippen LogP contribution in [0.5, 0.6) is 5.75 Å². The van der Waals surface area contributed by atoms with E-state index in [1.165, 1.54) is 0 Å². The minimum Gasteiger partial charge on any atom is -0.482 e. The molecule has 5 N–H and O–H groups in total. The summed E-state index contributed by atoms with van der Waals surface area (Å²) in [6.07, 6.45) is 0. The zero-order valence-electron chi connectivity index (χ0n) is 8.22. The van der Waals surface area contributed by atoms with Gasteiger partial charge in [0, 0.05) is 12.6 Å². The summed E-state index contributed by atoms with van der Waals surface area (Å²) in [5.41, 5.74) is 12.0. The molecule has 1 unspecified atom stereocenters. The molecule has 0 saturated carbocycles. The van der Waals surface area contributed by atoms with Crippen LogP contribution in [0.3, 0.4) is 0 Å². The summed E-state index contributed by atoms with van der Waals surface area (Å²) < 4.78 is 4.96. The fourth-order valence-corrected chi connectivity index (χ4v) is 1.09. The van der Waals surface area contributed by atoms with Crippen molar-refractivity contribution >= 4 is 5.97 Å². The Kier molecular flexibility index (Phi) is 4.08. The fraction of sp³-hybridized carbons (Fsp3) is 0.300. The second-order valence-corrected chi connectivity index (χ2v) is 3.09. The van der Waals surface area contributed by atoms with Gasteiger partial charge >= 0.3 is 5.97 Å². The van der Waals surface area contributed by atoms with Crippen molar-refractivity contribution in [3.8, 4) is 5.75 Å². The van der Waals surface area contributed by atoms with E-state index in [4.69, 9.17) is 21.3 Å². The van der Waals surface area contributed by atoms with Gasteiger partial charge in [-0.3, -0.25) is 0 Å². The van der Waals surface area contributed by atoms with E-state index >= 15 is 0 Å². The van der Waals surface area contributed by atoms with E-state index in [-0.39, 0.29) is 12.6 Å². The van der Waals surface area contributed by atoms with Gasteiger partial charge in [-0.2, -0.15) is 0 Å². The molecule has 0 bridgehead atoms. The zero-order valence-corrected chi connectivity index (χ0v) is 8.22. The lowest BCUT2D eigenvalue weighted by Crippen LogP contribution is -2.20. The highest BCUT2D eigenvalue weighted by Gasteiger charge is 2.04. The highest BCUT2D eigenvalue weighted by molar-refractivity contribution is 5.68. The number of nitrogens with two attached hydrogens (primary N) is 2. The molecule has 0 aromatic heterocycles. The monoisotopic (exact) mass is 210 g/mol. The van der Waals surface area contributed by atoms with E-state index < -0.39 is 5.97 Å². The molecule has 82 valence electrons. The highest BCUT2D eigenvalue weighted by Crippen LogP contribution is 2.15.